The van der Waals surface area contributed by atoms with Crippen LogP contribution in [-0.4, -0.2) is 41.2 Å². The van der Waals surface area contributed by atoms with Gasteiger partial charge in [-0.15, -0.1) is 0 Å². The molecule has 28 heavy (non-hydrogen) atoms. The Labute approximate surface area is 164 Å². The fraction of sp³-hybridized carbons (Fsp3) is 0.300. The van der Waals surface area contributed by atoms with Crippen molar-refractivity contribution in [3.05, 3.63) is 65.6 Å². The molecule has 0 aliphatic rings. The lowest BCUT2D eigenvalue weighted by Crippen LogP contribution is -2.30. The second-order valence-corrected chi connectivity index (χ2v) is 8.28. The van der Waals surface area contributed by atoms with Crippen molar-refractivity contribution in [1.29, 1.82) is 0 Å². The summed E-state index contributed by atoms with van der Waals surface area (Å²) in [4.78, 5) is 16.9. The Bertz CT molecular complexity index is 1080. The van der Waals surface area contributed by atoms with Gasteiger partial charge in [0.2, 0.25) is 10.0 Å². The average molecular weight is 401 g/mol. The highest BCUT2D eigenvalue weighted by molar-refractivity contribution is 7.89. The van der Waals surface area contributed by atoms with Crippen LogP contribution < -0.4 is 0 Å². The van der Waals surface area contributed by atoms with E-state index in [1.54, 1.807) is 13.8 Å². The molecule has 0 amide bonds. The first kappa shape index (κ1) is 20.0. The first-order valence-electron chi connectivity index (χ1n) is 9.07. The molecule has 0 radical (unpaired) electrons. The van der Waals surface area contributed by atoms with Crippen molar-refractivity contribution in [3.8, 4) is 0 Å². The van der Waals surface area contributed by atoms with E-state index in [4.69, 9.17) is 4.74 Å². The van der Waals surface area contributed by atoms with Crippen LogP contribution in [0.1, 0.15) is 35.5 Å². The maximum atomic E-state index is 12.5. The maximum absolute atomic E-state index is 12.5. The number of aryl methyl sites for hydroxylation is 1. The molecule has 2 heterocycles. The predicted molar refractivity (Wildman–Crippen MR) is 106 cm³/mol. The molecule has 0 aliphatic carbocycles. The Morgan fingerprint density at radius 1 is 1.14 bits per heavy atom. The van der Waals surface area contributed by atoms with E-state index in [2.05, 4.69) is 4.98 Å². The van der Waals surface area contributed by atoms with Crippen LogP contribution >= 0.6 is 0 Å². The van der Waals surface area contributed by atoms with Gasteiger partial charge in [-0.1, -0.05) is 19.9 Å². The van der Waals surface area contributed by atoms with Crippen LogP contribution in [0, 0.1) is 6.92 Å². The van der Waals surface area contributed by atoms with Gasteiger partial charge in [-0.2, -0.15) is 4.31 Å². The lowest BCUT2D eigenvalue weighted by molar-refractivity contribution is 0.0468. The summed E-state index contributed by atoms with van der Waals surface area (Å²) in [6, 6.07) is 9.68. The fourth-order valence-electron chi connectivity index (χ4n) is 2.97. The van der Waals surface area contributed by atoms with Crippen molar-refractivity contribution < 1.29 is 17.9 Å². The van der Waals surface area contributed by atoms with Crippen molar-refractivity contribution in [2.24, 2.45) is 0 Å². The van der Waals surface area contributed by atoms with Crippen LogP contribution in [-0.2, 0) is 21.4 Å². The molecule has 0 bridgehead atoms. The molecule has 0 saturated heterocycles. The number of imidazole rings is 1. The summed E-state index contributed by atoms with van der Waals surface area (Å²) in [5.74, 6) is -0.527. The molecule has 8 heteroatoms. The molecule has 0 spiro atoms. The van der Waals surface area contributed by atoms with Gasteiger partial charge in [0.15, 0.2) is 0 Å². The van der Waals surface area contributed by atoms with Crippen molar-refractivity contribution in [3.63, 3.8) is 0 Å². The van der Waals surface area contributed by atoms with Crippen LogP contribution in [0.5, 0.6) is 0 Å². The van der Waals surface area contributed by atoms with E-state index in [9.17, 15) is 13.2 Å². The molecule has 3 aromatic rings. The van der Waals surface area contributed by atoms with E-state index in [1.165, 1.54) is 28.6 Å². The third-order valence-electron chi connectivity index (χ3n) is 4.51. The summed E-state index contributed by atoms with van der Waals surface area (Å²) >= 11 is 0. The zero-order valence-electron chi connectivity index (χ0n) is 16.1. The van der Waals surface area contributed by atoms with Gasteiger partial charge in [-0.05, 0) is 42.8 Å². The normalized spacial score (nSPS) is 11.9. The van der Waals surface area contributed by atoms with Crippen LogP contribution in [0.2, 0.25) is 0 Å². The van der Waals surface area contributed by atoms with E-state index in [0.29, 0.717) is 24.3 Å². The van der Waals surface area contributed by atoms with Crippen LogP contribution in [0.4, 0.5) is 0 Å². The minimum absolute atomic E-state index is 0.0411. The number of aromatic nitrogens is 2. The third kappa shape index (κ3) is 3.93. The minimum Gasteiger partial charge on any atom is -0.456 e. The van der Waals surface area contributed by atoms with Crippen molar-refractivity contribution in [2.45, 2.75) is 32.3 Å². The largest absolute Gasteiger partial charge is 0.456 e. The van der Waals surface area contributed by atoms with Crippen LogP contribution in [0.3, 0.4) is 0 Å². The molecule has 0 saturated carbocycles. The summed E-state index contributed by atoms with van der Waals surface area (Å²) in [6.45, 7) is 6.36. The standard InChI is InChI=1S/C20H23N3O4S/c1-4-23(5-2)28(25,26)18-10-8-16(9-11-18)20(24)27-14-17-13-22-12-6-7-15(3)19(22)21-17/h6-13H,4-5,14H2,1-3H3. The summed E-state index contributed by atoms with van der Waals surface area (Å²) in [7, 11) is -3.55. The zero-order valence-corrected chi connectivity index (χ0v) is 16.9. The highest BCUT2D eigenvalue weighted by Gasteiger charge is 2.22. The highest BCUT2D eigenvalue weighted by atomic mass is 32.2. The number of carbonyl (C=O) groups excluding carboxylic acids is 1. The summed E-state index contributed by atoms with van der Waals surface area (Å²) in [5, 5.41) is 0. The topological polar surface area (TPSA) is 81.0 Å². The molecule has 0 fully saturated rings. The van der Waals surface area contributed by atoms with E-state index in [0.717, 1.165) is 11.2 Å². The van der Waals surface area contributed by atoms with Gasteiger partial charge in [0.25, 0.3) is 0 Å². The molecule has 3 rings (SSSR count). The number of carbonyl (C=O) groups is 1. The first-order valence-corrected chi connectivity index (χ1v) is 10.5. The molecule has 2 aromatic heterocycles. The van der Waals surface area contributed by atoms with Crippen LogP contribution in [0.15, 0.2) is 53.7 Å². The number of rotatable bonds is 7. The molecular formula is C20H23N3O4S. The monoisotopic (exact) mass is 401 g/mol. The number of hydrogen-bond acceptors (Lipinski definition) is 5. The Morgan fingerprint density at radius 2 is 1.82 bits per heavy atom. The molecular weight excluding hydrogens is 378 g/mol. The molecule has 0 unspecified atom stereocenters. The van der Waals surface area contributed by atoms with Gasteiger partial charge in [0.1, 0.15) is 12.3 Å². The molecule has 7 nitrogen and oxygen atoms in total. The number of fused-ring (bicyclic) bond motifs is 1. The van der Waals surface area contributed by atoms with Gasteiger partial charge in [-0.3, -0.25) is 0 Å². The maximum Gasteiger partial charge on any atom is 0.338 e. The zero-order chi connectivity index (χ0) is 20.3. The first-order chi connectivity index (χ1) is 13.4. The van der Waals surface area contributed by atoms with E-state index in [1.807, 2.05) is 35.9 Å². The summed E-state index contributed by atoms with van der Waals surface area (Å²) < 4.78 is 33.6. The van der Waals surface area contributed by atoms with E-state index in [-0.39, 0.29) is 11.5 Å². The van der Waals surface area contributed by atoms with Crippen molar-refractivity contribution in [2.75, 3.05) is 13.1 Å². The Balaban J connectivity index is 1.70. The number of nitrogens with zero attached hydrogens (tertiary/aromatic N) is 3. The molecule has 148 valence electrons. The average Bonchev–Trinajstić information content (AvgIpc) is 3.11. The van der Waals surface area contributed by atoms with E-state index >= 15 is 0 Å². The second kappa shape index (κ2) is 8.12. The molecule has 0 aliphatic heterocycles. The number of sulfonamides is 1. The number of ether oxygens (including phenoxy) is 1. The second-order valence-electron chi connectivity index (χ2n) is 6.34. The van der Waals surface area contributed by atoms with Crippen LogP contribution in [0.25, 0.3) is 5.65 Å². The molecule has 0 atom stereocenters. The number of benzene rings is 1. The Morgan fingerprint density at radius 3 is 2.43 bits per heavy atom. The quantitative estimate of drug-likeness (QED) is 0.569. The van der Waals surface area contributed by atoms with Crippen molar-refractivity contribution in [1.82, 2.24) is 13.7 Å². The van der Waals surface area contributed by atoms with Gasteiger partial charge in [-0.25, -0.2) is 18.2 Å². The molecule has 1 aromatic carbocycles. The Hall–Kier alpha value is -2.71. The SMILES string of the molecule is CCN(CC)S(=O)(=O)c1ccc(C(=O)OCc2cn3cccc(C)c3n2)cc1. The van der Waals surface area contributed by atoms with Gasteiger partial charge in [0, 0.05) is 25.5 Å². The predicted octanol–water partition coefficient (Wildman–Crippen LogP) is 3.03. The summed E-state index contributed by atoms with van der Waals surface area (Å²) in [5.41, 5.74) is 2.78. The minimum atomic E-state index is -3.55. The van der Waals surface area contributed by atoms with E-state index < -0.39 is 16.0 Å². The third-order valence-corrected chi connectivity index (χ3v) is 6.58. The number of pyridine rings is 1. The number of esters is 1. The Kier molecular flexibility index (Phi) is 5.81. The summed E-state index contributed by atoms with van der Waals surface area (Å²) in [6.07, 6.45) is 3.70. The molecule has 0 N–H and O–H groups in total. The van der Waals surface area contributed by atoms with Gasteiger partial charge >= 0.3 is 5.97 Å². The van der Waals surface area contributed by atoms with Crippen molar-refractivity contribution >= 4 is 21.6 Å². The lowest BCUT2D eigenvalue weighted by atomic mass is 10.2. The van der Waals surface area contributed by atoms with Gasteiger partial charge < -0.3 is 9.14 Å². The van der Waals surface area contributed by atoms with Gasteiger partial charge in [0.05, 0.1) is 16.2 Å². The smallest absolute Gasteiger partial charge is 0.338 e. The highest BCUT2D eigenvalue weighted by Crippen LogP contribution is 2.17. The number of hydrogen-bond donors (Lipinski definition) is 0. The fourth-order valence-corrected chi connectivity index (χ4v) is 4.43. The lowest BCUT2D eigenvalue weighted by Gasteiger charge is -2.18.